The molecular formula is C98H98F2N26O11S7. The number of alkyl halides is 2. The number of rotatable bonds is 29. The van der Waals surface area contributed by atoms with E-state index in [0.29, 0.717) is 98.6 Å². The standard InChI is InChI=1S/C24H26F2N6O2S.C20H23N7O2S.C19H17N3O3S.C18H17N5O2S2.C17H15N5O2S2/c1-24(25,26)17-11-16(13-27-21(17)31-9-7-30(2)8-10-31)18-14-28-23-32(18)29-22(35-23)15-5-6-19(33-3)20(12-15)34-4;1-26(2)8-7-21-19-22-10-14(11-23-19)15-12-24-20-27(15)25-18(30-20)13-5-6-16(28-3)17(9-13)29-4;1-23-14-6-4-5-12(9-14)15-11-20-19-22(15)21-18(26-19)13-7-8-16(24-2)17(10-13)25-3;1-24-14-6-5-11(7-15(14)25-2)16-22-23-13(10-21-18(23)26-16)12-8-19-17(20-9-12)27(3)4;1-23-13-5-4-10(6-14(13)24-2)15-21-22-12(9-20-17(22)26-15)11-7-18-16(25-3)19-8-11/h5-6,11-14H,7-10H2,1-4H3;5-6,9-12H,7-8H2,1-4H3,(H,21,22,23);4-11H,1-3H3;5-10H,3H2,1-2,4H3;4-9H,1-3H3. The van der Waals surface area contributed by atoms with Crippen LogP contribution >= 0.6 is 78.9 Å². The number of fused-ring (bicyclic) bond motifs is 5. The molecule has 1 aliphatic rings. The van der Waals surface area contributed by atoms with Gasteiger partial charge in [-0.3, -0.25) is 0 Å². The van der Waals surface area contributed by atoms with Gasteiger partial charge < -0.3 is 72.1 Å². The molecule has 1 unspecified atom stereocenters. The lowest BCUT2D eigenvalue weighted by Crippen LogP contribution is -2.45. The maximum absolute atomic E-state index is 14.7. The summed E-state index contributed by atoms with van der Waals surface area (Å²) in [5.74, 6) is 9.27. The maximum Gasteiger partial charge on any atom is 0.274 e. The van der Waals surface area contributed by atoms with E-state index in [9.17, 15) is 8.78 Å². The molecule has 1 atom stereocenters. The summed E-state index contributed by atoms with van der Waals surface area (Å²) >= 11 is 8.93. The molecule has 0 amide bonds. The minimum Gasteiger partial charge on any atom is -0.497 e. The first-order chi connectivity index (χ1) is 69.9. The van der Waals surface area contributed by atoms with Crippen LogP contribution < -0.4 is 62.3 Å². The van der Waals surface area contributed by atoms with Crippen molar-refractivity contribution in [2.75, 3.05) is 161 Å². The third-order valence-electron chi connectivity index (χ3n) is 22.5. The van der Waals surface area contributed by atoms with E-state index in [4.69, 9.17) is 77.6 Å². The van der Waals surface area contributed by atoms with Crippen molar-refractivity contribution in [1.29, 1.82) is 0 Å². The van der Waals surface area contributed by atoms with Crippen LogP contribution in [-0.4, -0.2) is 275 Å². The van der Waals surface area contributed by atoms with Crippen molar-refractivity contribution >= 4 is 121 Å². The third-order valence-corrected chi connectivity index (χ3v) is 28.8. The van der Waals surface area contributed by atoms with Gasteiger partial charge in [0.2, 0.25) is 30.8 Å². The van der Waals surface area contributed by atoms with Crippen molar-refractivity contribution in [3.63, 3.8) is 0 Å². The number of piperazine rings is 1. The Morgan fingerprint density at radius 3 is 1.01 bits per heavy atom. The van der Waals surface area contributed by atoms with Crippen molar-refractivity contribution in [2.45, 2.75) is 23.2 Å². The minimum absolute atomic E-state index is 0.0927. The lowest BCUT2D eigenvalue weighted by molar-refractivity contribution is 0.0176. The minimum atomic E-state index is -3.04. The van der Waals surface area contributed by atoms with Crippen LogP contribution in [0, 0.1) is 0 Å². The summed E-state index contributed by atoms with van der Waals surface area (Å²) in [6, 6.07) is 37.9. The quantitative estimate of drug-likeness (QED) is 0.0258. The first-order valence-corrected chi connectivity index (χ1v) is 51.2. The van der Waals surface area contributed by atoms with E-state index in [1.807, 2.05) is 178 Å². The number of imidazole rings is 5. The molecule has 14 aromatic heterocycles. The Morgan fingerprint density at radius 2 is 0.694 bits per heavy atom. The fourth-order valence-electron chi connectivity index (χ4n) is 15.0. The SMILES string of the molecule is C=S(C)c1ncc(-c2cnc3sc(-c4ccc(OC)c(OC)c4)nn23)cn1.COc1ccc(-c2nn3c(-c4cnc(N5CCN(C)CC5)c(C(C)(F)F)c4)cnc3s2)cc1OC.COc1ccc(-c2nn3c(-c4cnc(NCCN(C)C)nc4)cnc3s2)cc1OC.COc1ccc(-c2nn3c(-c4cnc(SC)nc4)cnc3s2)cc1OC.COc1cccc(-c2cnc3sc(-c4ccc(OC)c(OC)c4)nn23)c1. The smallest absolute Gasteiger partial charge is 0.274 e. The van der Waals surface area contributed by atoms with Crippen LogP contribution in [0.25, 0.3) is 134 Å². The van der Waals surface area contributed by atoms with Crippen molar-refractivity contribution < 1.29 is 60.9 Å². The van der Waals surface area contributed by atoms with Crippen LogP contribution in [0.1, 0.15) is 12.5 Å². The maximum atomic E-state index is 14.7. The van der Waals surface area contributed by atoms with E-state index in [0.717, 1.165) is 167 Å². The second-order valence-electron chi connectivity index (χ2n) is 32.0. The van der Waals surface area contributed by atoms with Crippen molar-refractivity contribution in [3.05, 3.63) is 201 Å². The molecule has 21 rings (SSSR count). The Hall–Kier alpha value is -15.0. The molecule has 15 heterocycles. The third kappa shape index (κ3) is 22.1. The number of halogens is 2. The zero-order valence-electron chi connectivity index (χ0n) is 81.2. The van der Waals surface area contributed by atoms with E-state index in [1.54, 1.807) is 151 Å². The highest BCUT2D eigenvalue weighted by atomic mass is 32.2. The number of nitrogens with one attached hydrogen (secondary N) is 1. The number of hydrogen-bond acceptors (Lipinski definition) is 38. The Balaban J connectivity index is 0.000000124. The van der Waals surface area contributed by atoms with Crippen LogP contribution in [0.2, 0.25) is 0 Å². The second-order valence-corrected chi connectivity index (χ2v) is 39.1. The summed E-state index contributed by atoms with van der Waals surface area (Å²) in [6.07, 6.45) is 25.1. The fourth-order valence-corrected chi connectivity index (χ4v) is 20.1. The Kier molecular flexibility index (Phi) is 31.4. The van der Waals surface area contributed by atoms with Gasteiger partial charge in [0.25, 0.3) is 5.92 Å². The van der Waals surface area contributed by atoms with Crippen LogP contribution in [0.5, 0.6) is 63.2 Å². The van der Waals surface area contributed by atoms with Gasteiger partial charge in [0.05, 0.1) is 143 Å². The lowest BCUT2D eigenvalue weighted by atomic mass is 10.1. The molecule has 20 aromatic rings. The van der Waals surface area contributed by atoms with E-state index in [-0.39, 0.29) is 16.0 Å². The van der Waals surface area contributed by atoms with E-state index < -0.39 is 5.92 Å². The Bertz CT molecular complexity index is 7890. The van der Waals surface area contributed by atoms with Crippen molar-refractivity contribution in [2.24, 2.45) is 0 Å². The zero-order chi connectivity index (χ0) is 101. The van der Waals surface area contributed by atoms with Crippen molar-refractivity contribution in [3.8, 4) is 172 Å². The lowest BCUT2D eigenvalue weighted by Gasteiger charge is -2.35. The predicted molar refractivity (Wildman–Crippen MR) is 562 cm³/mol. The zero-order valence-corrected chi connectivity index (χ0v) is 86.9. The van der Waals surface area contributed by atoms with Gasteiger partial charge in [0.1, 0.15) is 36.6 Å². The van der Waals surface area contributed by atoms with Crippen LogP contribution in [-0.2, 0) is 5.92 Å². The molecule has 0 bridgehead atoms. The number of methoxy groups -OCH3 is 11. The predicted octanol–water partition coefficient (Wildman–Crippen LogP) is 18.7. The molecule has 144 heavy (non-hydrogen) atoms. The molecule has 0 aliphatic carbocycles. The van der Waals surface area contributed by atoms with Crippen molar-refractivity contribution in [1.82, 2.24) is 118 Å². The number of ether oxygens (including phenoxy) is 11. The molecule has 0 saturated carbocycles. The number of benzene rings is 6. The molecule has 0 spiro atoms. The molecule has 6 aromatic carbocycles. The summed E-state index contributed by atoms with van der Waals surface area (Å²) in [6.45, 7) is 5.53. The van der Waals surface area contributed by atoms with Gasteiger partial charge in [0, 0.05) is 145 Å². The van der Waals surface area contributed by atoms with Gasteiger partial charge in [-0.15, -0.1) is 10.5 Å². The van der Waals surface area contributed by atoms with E-state index in [2.05, 4.69) is 80.8 Å². The molecule has 1 aliphatic heterocycles. The number of nitrogens with zero attached hydrogens (tertiary/aromatic N) is 25. The number of aromatic nitrogens is 22. The second kappa shape index (κ2) is 45.1. The molecule has 0 radical (unpaired) electrons. The summed E-state index contributed by atoms with van der Waals surface area (Å²) in [5.41, 5.74) is 12.7. The molecule has 742 valence electrons. The van der Waals surface area contributed by atoms with Gasteiger partial charge in [-0.1, -0.05) is 86.4 Å². The number of pyridine rings is 1. The summed E-state index contributed by atoms with van der Waals surface area (Å²) in [7, 11) is 23.6. The van der Waals surface area contributed by atoms with Gasteiger partial charge in [-0.25, -0.2) is 91.2 Å². The number of thioether (sulfide) groups is 1. The first kappa shape index (κ1) is 100. The Labute approximate surface area is 852 Å². The molecule has 46 heteroatoms. The van der Waals surface area contributed by atoms with Gasteiger partial charge >= 0.3 is 0 Å². The van der Waals surface area contributed by atoms with Crippen LogP contribution in [0.15, 0.2) is 206 Å². The largest absolute Gasteiger partial charge is 0.497 e. The van der Waals surface area contributed by atoms with E-state index >= 15 is 0 Å². The summed E-state index contributed by atoms with van der Waals surface area (Å²) < 4.78 is 97.2. The monoisotopic (exact) mass is 2080 g/mol. The first-order valence-electron chi connectivity index (χ1n) is 44.1. The molecule has 37 nitrogen and oxygen atoms in total. The number of hydrogen-bond donors (Lipinski definition) is 1. The Morgan fingerprint density at radius 1 is 0.375 bits per heavy atom. The molecule has 1 fully saturated rings. The highest BCUT2D eigenvalue weighted by Gasteiger charge is 2.34. The fraction of sp³-hybridized carbons (Fsp3) is 0.245. The number of likely N-dealkylation sites (N-methyl/N-ethyl adjacent to an activating group) is 2. The molecule has 1 N–H and O–H groups in total. The van der Waals surface area contributed by atoms with E-state index in [1.165, 1.54) is 74.5 Å². The van der Waals surface area contributed by atoms with Gasteiger partial charge in [-0.2, -0.15) is 25.5 Å². The van der Waals surface area contributed by atoms with Gasteiger partial charge in [0.15, 0.2) is 67.8 Å². The van der Waals surface area contributed by atoms with Crippen LogP contribution in [0.4, 0.5) is 20.5 Å². The normalized spacial score (nSPS) is 12.3. The van der Waals surface area contributed by atoms with Gasteiger partial charge in [-0.05, 0) is 143 Å². The highest BCUT2D eigenvalue weighted by Crippen LogP contribution is 2.44. The summed E-state index contributed by atoms with van der Waals surface area (Å²) in [5, 5.41) is 32.4. The average Bonchev–Trinajstić information content (AvgIpc) is 1.64. The van der Waals surface area contributed by atoms with Crippen LogP contribution in [0.3, 0.4) is 0 Å². The topological polar surface area (TPSA) is 364 Å². The highest BCUT2D eigenvalue weighted by molar-refractivity contribution is 8.13. The molecule has 1 saturated heterocycles. The summed E-state index contributed by atoms with van der Waals surface area (Å²) in [4.78, 5) is 63.2. The molecular weight excluding hydrogens is 1980 g/mol. The average molecular weight is 2080 g/mol. The number of anilines is 2.